The van der Waals surface area contributed by atoms with Crippen LogP contribution < -0.4 is 5.32 Å². The Labute approximate surface area is 129 Å². The van der Waals surface area contributed by atoms with Gasteiger partial charge in [-0.15, -0.1) is 0 Å². The molecule has 1 aliphatic carbocycles. The van der Waals surface area contributed by atoms with E-state index in [1.807, 2.05) is 0 Å². The average Bonchev–Trinajstić information content (AvgIpc) is 2.96. The van der Waals surface area contributed by atoms with E-state index < -0.39 is 5.97 Å². The zero-order valence-corrected chi connectivity index (χ0v) is 13.7. The molecule has 0 aromatic rings. The van der Waals surface area contributed by atoms with E-state index in [9.17, 15) is 4.79 Å². The fourth-order valence-electron chi connectivity index (χ4n) is 3.85. The van der Waals surface area contributed by atoms with Crippen LogP contribution in [-0.2, 0) is 4.79 Å². The first-order chi connectivity index (χ1) is 10.0. The van der Waals surface area contributed by atoms with Crippen molar-refractivity contribution in [3.05, 3.63) is 0 Å². The van der Waals surface area contributed by atoms with Crippen molar-refractivity contribution >= 4 is 5.97 Å². The van der Waals surface area contributed by atoms with Gasteiger partial charge in [-0.1, -0.05) is 26.7 Å². The highest BCUT2D eigenvalue weighted by molar-refractivity contribution is 5.66. The summed E-state index contributed by atoms with van der Waals surface area (Å²) in [7, 11) is 0. The standard InChI is InChI=1S/C17H32N2O2/c1-13(2)15-9-16(18-10-14-5-3-4-6-14)12-19(11-15)8-7-17(20)21/h13-16,18H,3-12H2,1-2H3,(H,20,21). The highest BCUT2D eigenvalue weighted by atomic mass is 16.4. The minimum absolute atomic E-state index is 0.264. The maximum atomic E-state index is 10.8. The van der Waals surface area contributed by atoms with Gasteiger partial charge < -0.3 is 15.3 Å². The van der Waals surface area contributed by atoms with Crippen molar-refractivity contribution in [3.8, 4) is 0 Å². The summed E-state index contributed by atoms with van der Waals surface area (Å²) >= 11 is 0. The van der Waals surface area contributed by atoms with Gasteiger partial charge in [-0.05, 0) is 43.6 Å². The summed E-state index contributed by atoms with van der Waals surface area (Å²) in [6.45, 7) is 8.51. The zero-order chi connectivity index (χ0) is 15.2. The Kier molecular flexibility index (Phi) is 6.49. The highest BCUT2D eigenvalue weighted by Crippen LogP contribution is 2.26. The molecule has 2 N–H and O–H groups in total. The van der Waals surface area contributed by atoms with Crippen LogP contribution in [0.25, 0.3) is 0 Å². The fourth-order valence-corrected chi connectivity index (χ4v) is 3.85. The van der Waals surface area contributed by atoms with Gasteiger partial charge in [0, 0.05) is 25.7 Å². The first-order valence-corrected chi connectivity index (χ1v) is 8.72. The molecule has 2 rings (SSSR count). The van der Waals surface area contributed by atoms with Gasteiger partial charge in [-0.25, -0.2) is 0 Å². The van der Waals surface area contributed by atoms with Gasteiger partial charge in [-0.3, -0.25) is 4.79 Å². The van der Waals surface area contributed by atoms with Crippen LogP contribution in [0.2, 0.25) is 0 Å². The van der Waals surface area contributed by atoms with Crippen LogP contribution in [0.15, 0.2) is 0 Å². The van der Waals surface area contributed by atoms with Crippen LogP contribution in [0.1, 0.15) is 52.4 Å². The quantitative estimate of drug-likeness (QED) is 0.758. The topological polar surface area (TPSA) is 52.6 Å². The largest absolute Gasteiger partial charge is 0.481 e. The van der Waals surface area contributed by atoms with Gasteiger partial charge in [0.05, 0.1) is 6.42 Å². The Morgan fingerprint density at radius 3 is 2.62 bits per heavy atom. The Bertz CT molecular complexity index is 327. The zero-order valence-electron chi connectivity index (χ0n) is 13.7. The lowest BCUT2D eigenvalue weighted by Gasteiger charge is -2.40. The van der Waals surface area contributed by atoms with Gasteiger partial charge in [0.2, 0.25) is 0 Å². The van der Waals surface area contributed by atoms with Crippen LogP contribution in [0, 0.1) is 17.8 Å². The van der Waals surface area contributed by atoms with Crippen LogP contribution >= 0.6 is 0 Å². The van der Waals surface area contributed by atoms with Crippen molar-refractivity contribution in [1.82, 2.24) is 10.2 Å². The van der Waals surface area contributed by atoms with Crippen molar-refractivity contribution in [2.24, 2.45) is 17.8 Å². The third-order valence-electron chi connectivity index (χ3n) is 5.31. The van der Waals surface area contributed by atoms with Crippen LogP contribution in [0.3, 0.4) is 0 Å². The molecule has 2 unspecified atom stereocenters. The Morgan fingerprint density at radius 1 is 1.29 bits per heavy atom. The lowest BCUT2D eigenvalue weighted by Crippen LogP contribution is -2.51. The number of nitrogens with one attached hydrogen (secondary N) is 1. The molecule has 1 saturated carbocycles. The second-order valence-electron chi connectivity index (χ2n) is 7.40. The van der Waals surface area contributed by atoms with Crippen molar-refractivity contribution in [3.63, 3.8) is 0 Å². The number of carboxylic acid groups (broad SMARTS) is 1. The fraction of sp³-hybridized carbons (Fsp3) is 0.941. The summed E-state index contributed by atoms with van der Waals surface area (Å²) in [5.41, 5.74) is 0. The normalized spacial score (nSPS) is 28.3. The van der Waals surface area contributed by atoms with E-state index in [1.54, 1.807) is 0 Å². The number of hydrogen-bond donors (Lipinski definition) is 2. The van der Waals surface area contributed by atoms with E-state index in [0.29, 0.717) is 24.4 Å². The smallest absolute Gasteiger partial charge is 0.304 e. The van der Waals surface area contributed by atoms with Crippen LogP contribution in [0.5, 0.6) is 0 Å². The summed E-state index contributed by atoms with van der Waals surface area (Å²) in [6, 6.07) is 0.542. The molecule has 2 aliphatic rings. The van der Waals surface area contributed by atoms with Gasteiger partial charge in [0.15, 0.2) is 0 Å². The molecule has 122 valence electrons. The predicted octanol–water partition coefficient (Wildman–Crippen LogP) is 2.59. The molecule has 1 aliphatic heterocycles. The van der Waals surface area contributed by atoms with Crippen molar-refractivity contribution < 1.29 is 9.90 Å². The Morgan fingerprint density at radius 2 is 2.00 bits per heavy atom. The number of likely N-dealkylation sites (tertiary alicyclic amines) is 1. The lowest BCUT2D eigenvalue weighted by molar-refractivity contribution is -0.137. The molecule has 21 heavy (non-hydrogen) atoms. The molecule has 1 heterocycles. The van der Waals surface area contributed by atoms with E-state index in [1.165, 1.54) is 32.1 Å². The molecule has 0 radical (unpaired) electrons. The predicted molar refractivity (Wildman–Crippen MR) is 85.4 cm³/mol. The minimum Gasteiger partial charge on any atom is -0.481 e. The first-order valence-electron chi connectivity index (χ1n) is 8.72. The minimum atomic E-state index is -0.683. The summed E-state index contributed by atoms with van der Waals surface area (Å²) < 4.78 is 0. The molecular formula is C17H32N2O2. The van der Waals surface area contributed by atoms with Gasteiger partial charge >= 0.3 is 5.97 Å². The van der Waals surface area contributed by atoms with Crippen molar-refractivity contribution in [1.29, 1.82) is 0 Å². The lowest BCUT2D eigenvalue weighted by atomic mass is 9.85. The number of piperidine rings is 1. The van der Waals surface area contributed by atoms with E-state index in [2.05, 4.69) is 24.1 Å². The van der Waals surface area contributed by atoms with E-state index in [4.69, 9.17) is 5.11 Å². The van der Waals surface area contributed by atoms with Crippen LogP contribution in [-0.4, -0.2) is 48.2 Å². The molecule has 0 aromatic carbocycles. The molecule has 1 saturated heterocycles. The Hall–Kier alpha value is -0.610. The molecule has 0 bridgehead atoms. The number of nitrogens with zero attached hydrogens (tertiary/aromatic N) is 1. The number of rotatable bonds is 7. The Balaban J connectivity index is 1.81. The van der Waals surface area contributed by atoms with Gasteiger partial charge in [0.1, 0.15) is 0 Å². The maximum absolute atomic E-state index is 10.8. The molecule has 4 heteroatoms. The number of carboxylic acids is 1. The third-order valence-corrected chi connectivity index (χ3v) is 5.31. The highest BCUT2D eigenvalue weighted by Gasteiger charge is 2.29. The second kappa shape index (κ2) is 8.14. The summed E-state index contributed by atoms with van der Waals surface area (Å²) in [5, 5.41) is 12.7. The second-order valence-corrected chi connectivity index (χ2v) is 7.40. The summed E-state index contributed by atoms with van der Waals surface area (Å²) in [5.74, 6) is 1.55. The molecule has 0 amide bonds. The number of aliphatic carboxylic acids is 1. The van der Waals surface area contributed by atoms with Crippen molar-refractivity contribution in [2.45, 2.75) is 58.4 Å². The first kappa shape index (κ1) is 16.8. The summed E-state index contributed by atoms with van der Waals surface area (Å²) in [4.78, 5) is 13.2. The molecule has 0 aromatic heterocycles. The third kappa shape index (κ3) is 5.59. The summed E-state index contributed by atoms with van der Waals surface area (Å²) in [6.07, 6.45) is 7.08. The molecule has 2 fully saturated rings. The van der Waals surface area contributed by atoms with Gasteiger partial charge in [-0.2, -0.15) is 0 Å². The van der Waals surface area contributed by atoms with E-state index in [-0.39, 0.29) is 6.42 Å². The SMILES string of the molecule is CC(C)C1CC(NCC2CCCC2)CN(CCC(=O)O)C1. The maximum Gasteiger partial charge on any atom is 0.304 e. The van der Waals surface area contributed by atoms with E-state index in [0.717, 1.165) is 25.6 Å². The monoisotopic (exact) mass is 296 g/mol. The number of hydrogen-bond acceptors (Lipinski definition) is 3. The van der Waals surface area contributed by atoms with Gasteiger partial charge in [0.25, 0.3) is 0 Å². The van der Waals surface area contributed by atoms with Crippen molar-refractivity contribution in [2.75, 3.05) is 26.2 Å². The molecule has 4 nitrogen and oxygen atoms in total. The molecule has 0 spiro atoms. The molecular weight excluding hydrogens is 264 g/mol. The number of carbonyl (C=O) groups is 1. The van der Waals surface area contributed by atoms with Crippen LogP contribution in [0.4, 0.5) is 0 Å². The van der Waals surface area contributed by atoms with E-state index >= 15 is 0 Å². The average molecular weight is 296 g/mol. The molecule has 2 atom stereocenters.